The SMILES string of the molecule is NC(=O)c1cccc(NC(=O)c2nc(Cl)ccc2Cl)n1. The highest BCUT2D eigenvalue weighted by Gasteiger charge is 2.14. The van der Waals surface area contributed by atoms with Gasteiger partial charge in [-0.2, -0.15) is 0 Å². The smallest absolute Gasteiger partial charge is 0.277 e. The maximum absolute atomic E-state index is 12.0. The van der Waals surface area contributed by atoms with Crippen molar-refractivity contribution in [2.45, 2.75) is 0 Å². The number of amides is 2. The number of aromatic nitrogens is 2. The molecule has 2 aromatic rings. The molecule has 0 atom stereocenters. The molecule has 0 aliphatic heterocycles. The largest absolute Gasteiger partial charge is 0.364 e. The molecule has 2 heterocycles. The highest BCUT2D eigenvalue weighted by atomic mass is 35.5. The van der Waals surface area contributed by atoms with Gasteiger partial charge in [-0.05, 0) is 24.3 Å². The number of hydrogen-bond acceptors (Lipinski definition) is 4. The molecule has 0 bridgehead atoms. The van der Waals surface area contributed by atoms with Crippen LogP contribution in [0, 0.1) is 0 Å². The zero-order valence-electron chi connectivity index (χ0n) is 9.93. The van der Waals surface area contributed by atoms with E-state index >= 15 is 0 Å². The minimum absolute atomic E-state index is 0.0351. The predicted octanol–water partition coefficient (Wildman–Crippen LogP) is 2.13. The number of pyridine rings is 2. The molecule has 2 rings (SSSR count). The Morgan fingerprint density at radius 1 is 1.10 bits per heavy atom. The molecule has 0 aliphatic rings. The van der Waals surface area contributed by atoms with Gasteiger partial charge in [-0.1, -0.05) is 29.3 Å². The van der Waals surface area contributed by atoms with E-state index in [1.54, 1.807) is 0 Å². The number of hydrogen-bond donors (Lipinski definition) is 2. The molecule has 8 heteroatoms. The number of rotatable bonds is 3. The van der Waals surface area contributed by atoms with E-state index in [9.17, 15) is 9.59 Å². The molecule has 0 spiro atoms. The molecule has 0 fully saturated rings. The van der Waals surface area contributed by atoms with Crippen LogP contribution in [0.5, 0.6) is 0 Å². The van der Waals surface area contributed by atoms with Crippen LogP contribution in [-0.4, -0.2) is 21.8 Å². The lowest BCUT2D eigenvalue weighted by molar-refractivity contribution is 0.0990. The summed E-state index contributed by atoms with van der Waals surface area (Å²) in [6.07, 6.45) is 0. The standard InChI is InChI=1S/C12H8Cl2N4O2/c13-6-4-5-8(14)17-10(6)12(20)18-9-3-1-2-7(16-9)11(15)19/h1-5H,(H2,15,19)(H,16,18,20). The molecule has 0 saturated heterocycles. The fraction of sp³-hybridized carbons (Fsp3) is 0. The molecular formula is C12H8Cl2N4O2. The Kier molecular flexibility index (Phi) is 4.16. The van der Waals surface area contributed by atoms with Gasteiger partial charge < -0.3 is 11.1 Å². The summed E-state index contributed by atoms with van der Waals surface area (Å²) in [5.74, 6) is -1.13. The maximum Gasteiger partial charge on any atom is 0.277 e. The Hall–Kier alpha value is -2.18. The molecule has 0 aromatic carbocycles. The first kappa shape index (κ1) is 14.2. The summed E-state index contributed by atoms with van der Waals surface area (Å²) < 4.78 is 0. The summed E-state index contributed by atoms with van der Waals surface area (Å²) in [6, 6.07) is 7.40. The molecule has 0 aliphatic carbocycles. The summed E-state index contributed by atoms with van der Waals surface area (Å²) in [6.45, 7) is 0. The molecule has 3 N–H and O–H groups in total. The summed E-state index contributed by atoms with van der Waals surface area (Å²) >= 11 is 11.6. The maximum atomic E-state index is 12.0. The zero-order chi connectivity index (χ0) is 14.7. The number of carbonyl (C=O) groups excluding carboxylic acids is 2. The third-order valence-electron chi connectivity index (χ3n) is 2.27. The van der Waals surface area contributed by atoms with E-state index in [0.717, 1.165) is 0 Å². The van der Waals surface area contributed by atoms with Crippen LogP contribution in [0.3, 0.4) is 0 Å². The Morgan fingerprint density at radius 2 is 1.85 bits per heavy atom. The van der Waals surface area contributed by atoms with Crippen LogP contribution < -0.4 is 11.1 Å². The second-order valence-corrected chi connectivity index (χ2v) is 4.49. The van der Waals surface area contributed by atoms with Gasteiger partial charge in [0.15, 0.2) is 0 Å². The van der Waals surface area contributed by atoms with Crippen molar-refractivity contribution in [3.8, 4) is 0 Å². The van der Waals surface area contributed by atoms with E-state index in [0.29, 0.717) is 0 Å². The van der Waals surface area contributed by atoms with Crippen molar-refractivity contribution in [1.29, 1.82) is 0 Å². The van der Waals surface area contributed by atoms with E-state index in [2.05, 4.69) is 15.3 Å². The molecule has 20 heavy (non-hydrogen) atoms. The van der Waals surface area contributed by atoms with Gasteiger partial charge in [-0.25, -0.2) is 9.97 Å². The zero-order valence-corrected chi connectivity index (χ0v) is 11.4. The lowest BCUT2D eigenvalue weighted by Crippen LogP contribution is -2.18. The van der Waals surface area contributed by atoms with Gasteiger partial charge in [0.2, 0.25) is 0 Å². The van der Waals surface area contributed by atoms with Gasteiger partial charge in [0, 0.05) is 0 Å². The quantitative estimate of drug-likeness (QED) is 0.848. The average molecular weight is 311 g/mol. The van der Waals surface area contributed by atoms with Gasteiger partial charge >= 0.3 is 0 Å². The Morgan fingerprint density at radius 3 is 2.55 bits per heavy atom. The minimum atomic E-state index is -0.694. The molecule has 0 unspecified atom stereocenters. The van der Waals surface area contributed by atoms with Crippen LogP contribution in [0.15, 0.2) is 30.3 Å². The van der Waals surface area contributed by atoms with E-state index in [4.69, 9.17) is 28.9 Å². The van der Waals surface area contributed by atoms with E-state index in [-0.39, 0.29) is 27.4 Å². The molecule has 0 radical (unpaired) electrons. The number of nitrogens with one attached hydrogen (secondary N) is 1. The summed E-state index contributed by atoms with van der Waals surface area (Å²) in [7, 11) is 0. The average Bonchev–Trinajstić information content (AvgIpc) is 2.41. The van der Waals surface area contributed by atoms with E-state index in [1.165, 1.54) is 30.3 Å². The van der Waals surface area contributed by atoms with Gasteiger partial charge in [-0.3, -0.25) is 9.59 Å². The van der Waals surface area contributed by atoms with E-state index < -0.39 is 11.8 Å². The molecule has 2 aromatic heterocycles. The minimum Gasteiger partial charge on any atom is -0.364 e. The highest BCUT2D eigenvalue weighted by molar-refractivity contribution is 6.35. The number of anilines is 1. The molecule has 6 nitrogen and oxygen atoms in total. The first-order valence-electron chi connectivity index (χ1n) is 5.37. The van der Waals surface area contributed by atoms with Crippen LogP contribution in [0.2, 0.25) is 10.2 Å². The third kappa shape index (κ3) is 3.23. The summed E-state index contributed by atoms with van der Waals surface area (Å²) in [5.41, 5.74) is 5.10. The van der Waals surface area contributed by atoms with Crippen LogP contribution in [0.1, 0.15) is 21.0 Å². The monoisotopic (exact) mass is 310 g/mol. The van der Waals surface area contributed by atoms with Crippen molar-refractivity contribution >= 4 is 40.8 Å². The summed E-state index contributed by atoms with van der Waals surface area (Å²) in [4.78, 5) is 30.7. The normalized spacial score (nSPS) is 10.1. The molecule has 102 valence electrons. The number of nitrogens with two attached hydrogens (primary N) is 1. The van der Waals surface area contributed by atoms with E-state index in [1.807, 2.05) is 0 Å². The van der Waals surface area contributed by atoms with Gasteiger partial charge in [0.05, 0.1) is 5.02 Å². The molecular weight excluding hydrogens is 303 g/mol. The number of primary amides is 1. The molecule has 0 saturated carbocycles. The predicted molar refractivity (Wildman–Crippen MR) is 75.0 cm³/mol. The Labute approximate surface area is 123 Å². The first-order chi connectivity index (χ1) is 9.47. The van der Waals surface area contributed by atoms with Crippen molar-refractivity contribution in [2.24, 2.45) is 5.73 Å². The van der Waals surface area contributed by atoms with Crippen LogP contribution in [-0.2, 0) is 0 Å². The second-order valence-electron chi connectivity index (χ2n) is 3.69. The Balaban J connectivity index is 2.25. The van der Waals surface area contributed by atoms with Crippen LogP contribution in [0.4, 0.5) is 5.82 Å². The number of nitrogens with zero attached hydrogens (tertiary/aromatic N) is 2. The van der Waals surface area contributed by atoms with Crippen molar-refractivity contribution in [2.75, 3.05) is 5.32 Å². The van der Waals surface area contributed by atoms with Crippen LogP contribution >= 0.6 is 23.2 Å². The van der Waals surface area contributed by atoms with Gasteiger partial charge in [0.1, 0.15) is 22.4 Å². The fourth-order valence-corrected chi connectivity index (χ4v) is 1.73. The van der Waals surface area contributed by atoms with Crippen molar-refractivity contribution < 1.29 is 9.59 Å². The van der Waals surface area contributed by atoms with Crippen molar-refractivity contribution in [3.05, 3.63) is 51.9 Å². The third-order valence-corrected chi connectivity index (χ3v) is 2.79. The lowest BCUT2D eigenvalue weighted by atomic mass is 10.3. The van der Waals surface area contributed by atoms with Crippen LogP contribution in [0.25, 0.3) is 0 Å². The fourth-order valence-electron chi connectivity index (χ4n) is 1.39. The van der Waals surface area contributed by atoms with Crippen molar-refractivity contribution in [3.63, 3.8) is 0 Å². The van der Waals surface area contributed by atoms with Crippen molar-refractivity contribution in [1.82, 2.24) is 9.97 Å². The molecule has 2 amide bonds. The second kappa shape index (κ2) is 5.85. The number of halogens is 2. The Bertz CT molecular complexity index is 691. The van der Waals surface area contributed by atoms with Gasteiger partial charge in [-0.15, -0.1) is 0 Å². The number of carbonyl (C=O) groups is 2. The first-order valence-corrected chi connectivity index (χ1v) is 6.13. The topological polar surface area (TPSA) is 98.0 Å². The van der Waals surface area contributed by atoms with Gasteiger partial charge in [0.25, 0.3) is 11.8 Å². The lowest BCUT2D eigenvalue weighted by Gasteiger charge is -2.06. The summed E-state index contributed by atoms with van der Waals surface area (Å²) in [5, 5.41) is 2.75. The highest BCUT2D eigenvalue weighted by Crippen LogP contribution is 2.18.